The molecule has 0 saturated carbocycles. The highest BCUT2D eigenvalue weighted by Gasteiger charge is 2.07. The lowest BCUT2D eigenvalue weighted by Gasteiger charge is -2.04. The minimum Gasteiger partial charge on any atom is -0.384 e. The molecule has 1 amide bonds. The van der Waals surface area contributed by atoms with Crippen LogP contribution in [-0.2, 0) is 6.54 Å². The smallest absolute Gasteiger partial charge is 0.251 e. The van der Waals surface area contributed by atoms with Crippen molar-refractivity contribution in [3.05, 3.63) is 35.5 Å². The number of nitrogen functional groups attached to an aromatic ring is 1. The second-order valence-corrected chi connectivity index (χ2v) is 3.54. The summed E-state index contributed by atoms with van der Waals surface area (Å²) in [6.07, 6.45) is 1.38. The van der Waals surface area contributed by atoms with Gasteiger partial charge in [-0.15, -0.1) is 0 Å². The standard InChI is InChI=1S/C10H12N6O/c1-6-2-7(3-8(11)15-6)10(17)12-4-9-13-5-14-16-9/h2-3,5H,4H2,1H3,(H2,11,15)(H,12,17)(H,13,14,16). The van der Waals surface area contributed by atoms with E-state index < -0.39 is 0 Å². The number of nitrogens with two attached hydrogens (primary N) is 1. The Morgan fingerprint density at radius 2 is 2.35 bits per heavy atom. The van der Waals surface area contributed by atoms with Crippen molar-refractivity contribution in [3.63, 3.8) is 0 Å². The number of aryl methyl sites for hydroxylation is 1. The molecule has 7 nitrogen and oxygen atoms in total. The van der Waals surface area contributed by atoms with Gasteiger partial charge in [-0.2, -0.15) is 5.10 Å². The van der Waals surface area contributed by atoms with Gasteiger partial charge in [0.1, 0.15) is 18.0 Å². The van der Waals surface area contributed by atoms with Crippen LogP contribution in [0, 0.1) is 6.92 Å². The predicted octanol–water partition coefficient (Wildman–Crippen LogP) is 0.0203. The number of rotatable bonds is 3. The van der Waals surface area contributed by atoms with Crippen molar-refractivity contribution in [3.8, 4) is 0 Å². The molecule has 0 atom stereocenters. The van der Waals surface area contributed by atoms with Gasteiger partial charge in [0.25, 0.3) is 5.91 Å². The lowest BCUT2D eigenvalue weighted by Crippen LogP contribution is -2.23. The Bertz CT molecular complexity index is 501. The van der Waals surface area contributed by atoms with E-state index in [0.717, 1.165) is 0 Å². The minimum absolute atomic E-state index is 0.224. The van der Waals surface area contributed by atoms with Gasteiger partial charge in [0, 0.05) is 11.3 Å². The molecule has 4 N–H and O–H groups in total. The molecule has 17 heavy (non-hydrogen) atoms. The normalized spacial score (nSPS) is 10.2. The van der Waals surface area contributed by atoms with Crippen LogP contribution in [0.25, 0.3) is 0 Å². The summed E-state index contributed by atoms with van der Waals surface area (Å²) < 4.78 is 0. The van der Waals surface area contributed by atoms with E-state index in [1.807, 2.05) is 0 Å². The number of hydrogen-bond acceptors (Lipinski definition) is 5. The average molecular weight is 232 g/mol. The quantitative estimate of drug-likeness (QED) is 0.691. The lowest BCUT2D eigenvalue weighted by molar-refractivity contribution is 0.0949. The fourth-order valence-electron chi connectivity index (χ4n) is 1.41. The number of amides is 1. The van der Waals surface area contributed by atoms with E-state index in [9.17, 15) is 4.79 Å². The second-order valence-electron chi connectivity index (χ2n) is 3.54. The van der Waals surface area contributed by atoms with Gasteiger partial charge in [0.05, 0.1) is 6.54 Å². The molecule has 0 aliphatic carbocycles. The highest BCUT2D eigenvalue weighted by atomic mass is 16.1. The molecule has 0 unspecified atom stereocenters. The summed E-state index contributed by atoms with van der Waals surface area (Å²) in [5, 5.41) is 9.04. The highest BCUT2D eigenvalue weighted by Crippen LogP contribution is 2.06. The summed E-state index contributed by atoms with van der Waals surface area (Å²) in [6.45, 7) is 2.07. The van der Waals surface area contributed by atoms with Crippen LogP contribution in [0.4, 0.5) is 5.82 Å². The van der Waals surface area contributed by atoms with Crippen molar-refractivity contribution in [1.29, 1.82) is 0 Å². The van der Waals surface area contributed by atoms with E-state index in [4.69, 9.17) is 5.73 Å². The van der Waals surface area contributed by atoms with Gasteiger partial charge in [0.2, 0.25) is 0 Å². The maximum absolute atomic E-state index is 11.8. The lowest BCUT2D eigenvalue weighted by atomic mass is 10.2. The van der Waals surface area contributed by atoms with Crippen molar-refractivity contribution in [1.82, 2.24) is 25.5 Å². The molecule has 0 aliphatic heterocycles. The molecule has 0 bridgehead atoms. The van der Waals surface area contributed by atoms with Gasteiger partial charge in [-0.3, -0.25) is 9.89 Å². The van der Waals surface area contributed by atoms with Crippen molar-refractivity contribution in [2.45, 2.75) is 13.5 Å². The van der Waals surface area contributed by atoms with Gasteiger partial charge < -0.3 is 11.1 Å². The molecule has 0 radical (unpaired) electrons. The number of hydrogen-bond donors (Lipinski definition) is 3. The summed E-state index contributed by atoms with van der Waals surface area (Å²) in [6, 6.07) is 3.20. The zero-order valence-corrected chi connectivity index (χ0v) is 9.27. The fourth-order valence-corrected chi connectivity index (χ4v) is 1.41. The molecule has 7 heteroatoms. The van der Waals surface area contributed by atoms with Crippen LogP contribution in [-0.4, -0.2) is 26.1 Å². The Kier molecular flexibility index (Phi) is 2.99. The van der Waals surface area contributed by atoms with Crippen LogP contribution in [0.5, 0.6) is 0 Å². The van der Waals surface area contributed by atoms with Crippen molar-refractivity contribution >= 4 is 11.7 Å². The Morgan fingerprint density at radius 1 is 1.53 bits per heavy atom. The van der Waals surface area contributed by atoms with E-state index in [1.54, 1.807) is 13.0 Å². The highest BCUT2D eigenvalue weighted by molar-refractivity contribution is 5.94. The summed E-state index contributed by atoms with van der Waals surface area (Å²) in [5.74, 6) is 0.700. The molecule has 2 heterocycles. The summed E-state index contributed by atoms with van der Waals surface area (Å²) >= 11 is 0. The third kappa shape index (κ3) is 2.77. The number of pyridine rings is 1. The number of aromatic amines is 1. The molecule has 0 spiro atoms. The van der Waals surface area contributed by atoms with Crippen LogP contribution >= 0.6 is 0 Å². The molecule has 2 rings (SSSR count). The van der Waals surface area contributed by atoms with Crippen LogP contribution < -0.4 is 11.1 Å². The SMILES string of the molecule is Cc1cc(C(=O)NCc2ncn[nH]2)cc(N)n1. The maximum Gasteiger partial charge on any atom is 0.251 e. The Hall–Kier alpha value is -2.44. The number of carbonyl (C=O) groups is 1. The summed E-state index contributed by atoms with van der Waals surface area (Å²) in [4.78, 5) is 19.7. The van der Waals surface area contributed by atoms with Gasteiger partial charge in [-0.05, 0) is 19.1 Å². The van der Waals surface area contributed by atoms with Gasteiger partial charge >= 0.3 is 0 Å². The molecule has 88 valence electrons. The number of anilines is 1. The zero-order valence-electron chi connectivity index (χ0n) is 9.27. The first-order valence-electron chi connectivity index (χ1n) is 5.02. The van der Waals surface area contributed by atoms with Gasteiger partial charge in [0.15, 0.2) is 0 Å². The Labute approximate surface area is 97.5 Å². The van der Waals surface area contributed by atoms with Crippen LogP contribution in [0.3, 0.4) is 0 Å². The predicted molar refractivity (Wildman–Crippen MR) is 60.9 cm³/mol. The van der Waals surface area contributed by atoms with Crippen molar-refractivity contribution < 1.29 is 4.79 Å². The van der Waals surface area contributed by atoms with Gasteiger partial charge in [-0.25, -0.2) is 9.97 Å². The minimum atomic E-state index is -0.224. The molecule has 0 aromatic carbocycles. The largest absolute Gasteiger partial charge is 0.384 e. The van der Waals surface area contributed by atoms with E-state index in [0.29, 0.717) is 29.4 Å². The summed E-state index contributed by atoms with van der Waals surface area (Å²) in [5.41, 5.74) is 6.75. The van der Waals surface area contributed by atoms with Crippen LogP contribution in [0.2, 0.25) is 0 Å². The third-order valence-electron chi connectivity index (χ3n) is 2.12. The van der Waals surface area contributed by atoms with E-state index in [-0.39, 0.29) is 5.91 Å². The van der Waals surface area contributed by atoms with E-state index in [2.05, 4.69) is 25.5 Å². The monoisotopic (exact) mass is 232 g/mol. The molecule has 2 aromatic heterocycles. The average Bonchev–Trinajstić information content (AvgIpc) is 2.77. The molecule has 0 saturated heterocycles. The Morgan fingerprint density at radius 3 is 3.00 bits per heavy atom. The second kappa shape index (κ2) is 4.60. The van der Waals surface area contributed by atoms with Crippen molar-refractivity contribution in [2.24, 2.45) is 0 Å². The van der Waals surface area contributed by atoms with E-state index in [1.165, 1.54) is 12.4 Å². The number of carbonyl (C=O) groups excluding carboxylic acids is 1. The number of nitrogens with zero attached hydrogens (tertiary/aromatic N) is 3. The van der Waals surface area contributed by atoms with Crippen LogP contribution in [0.15, 0.2) is 18.5 Å². The molecule has 2 aromatic rings. The zero-order chi connectivity index (χ0) is 12.3. The fraction of sp³-hybridized carbons (Fsp3) is 0.200. The topological polar surface area (TPSA) is 110 Å². The molecule has 0 aliphatic rings. The first kappa shape index (κ1) is 11.1. The first-order chi connectivity index (χ1) is 8.15. The first-order valence-corrected chi connectivity index (χ1v) is 5.02. The van der Waals surface area contributed by atoms with Crippen molar-refractivity contribution in [2.75, 3.05) is 5.73 Å². The molecular weight excluding hydrogens is 220 g/mol. The van der Waals surface area contributed by atoms with E-state index >= 15 is 0 Å². The Balaban J connectivity index is 2.04. The van der Waals surface area contributed by atoms with Crippen LogP contribution in [0.1, 0.15) is 21.9 Å². The van der Waals surface area contributed by atoms with Gasteiger partial charge in [-0.1, -0.05) is 0 Å². The molecule has 0 fully saturated rings. The maximum atomic E-state index is 11.8. The number of aromatic nitrogens is 4. The number of nitrogens with one attached hydrogen (secondary N) is 2. The number of H-pyrrole nitrogens is 1. The molecular formula is C10H12N6O. The summed E-state index contributed by atoms with van der Waals surface area (Å²) in [7, 11) is 0. The third-order valence-corrected chi connectivity index (χ3v) is 2.12.